The Labute approximate surface area is 123 Å². The molecular formula is C17H28N2O. The highest BCUT2D eigenvalue weighted by molar-refractivity contribution is 5.91. The Balaban J connectivity index is 2.48. The van der Waals surface area contributed by atoms with Gasteiger partial charge in [-0.3, -0.25) is 4.79 Å². The van der Waals surface area contributed by atoms with Gasteiger partial charge >= 0.3 is 0 Å². The van der Waals surface area contributed by atoms with E-state index in [0.717, 1.165) is 43.7 Å². The molecule has 112 valence electrons. The third kappa shape index (κ3) is 5.74. The molecule has 0 fully saturated rings. The molecule has 0 heterocycles. The standard InChI is InChI=1S/C17H28N2O/c1-5-10-19(11-6-2)12-9-17(20)18-16-13-14(3)7-8-15(16)4/h7-8,13H,5-6,9-12H2,1-4H3,(H,18,20). The number of hydrogen-bond donors (Lipinski definition) is 1. The summed E-state index contributed by atoms with van der Waals surface area (Å²) in [6, 6.07) is 6.14. The van der Waals surface area contributed by atoms with Crippen LogP contribution in [0.15, 0.2) is 18.2 Å². The van der Waals surface area contributed by atoms with E-state index in [9.17, 15) is 4.79 Å². The van der Waals surface area contributed by atoms with Crippen molar-refractivity contribution < 1.29 is 4.79 Å². The number of nitrogens with zero attached hydrogens (tertiary/aromatic N) is 1. The monoisotopic (exact) mass is 276 g/mol. The van der Waals surface area contributed by atoms with Crippen molar-refractivity contribution in [3.8, 4) is 0 Å². The van der Waals surface area contributed by atoms with E-state index in [1.54, 1.807) is 0 Å². The molecule has 0 saturated carbocycles. The van der Waals surface area contributed by atoms with Gasteiger partial charge in [-0.05, 0) is 57.0 Å². The number of carbonyl (C=O) groups excluding carboxylic acids is 1. The third-order valence-electron chi connectivity index (χ3n) is 3.40. The van der Waals surface area contributed by atoms with Crippen LogP contribution in [0.4, 0.5) is 5.69 Å². The van der Waals surface area contributed by atoms with Crippen LogP contribution >= 0.6 is 0 Å². The molecule has 0 aromatic heterocycles. The normalized spacial score (nSPS) is 10.8. The van der Waals surface area contributed by atoms with Crippen LogP contribution in [0.25, 0.3) is 0 Å². The Morgan fingerprint density at radius 1 is 1.10 bits per heavy atom. The molecule has 0 unspecified atom stereocenters. The van der Waals surface area contributed by atoms with Crippen LogP contribution in [0.5, 0.6) is 0 Å². The lowest BCUT2D eigenvalue weighted by Crippen LogP contribution is -2.29. The minimum absolute atomic E-state index is 0.107. The second kappa shape index (κ2) is 8.75. The van der Waals surface area contributed by atoms with Crippen LogP contribution in [0.3, 0.4) is 0 Å². The second-order valence-electron chi connectivity index (χ2n) is 5.46. The van der Waals surface area contributed by atoms with Gasteiger partial charge in [-0.25, -0.2) is 0 Å². The molecule has 3 heteroatoms. The van der Waals surface area contributed by atoms with Crippen molar-refractivity contribution in [1.82, 2.24) is 4.90 Å². The molecule has 1 aromatic carbocycles. The van der Waals surface area contributed by atoms with Crippen LogP contribution in [-0.4, -0.2) is 30.4 Å². The largest absolute Gasteiger partial charge is 0.326 e. The summed E-state index contributed by atoms with van der Waals surface area (Å²) in [6.07, 6.45) is 2.84. The Kier molecular flexibility index (Phi) is 7.31. The van der Waals surface area contributed by atoms with Gasteiger partial charge in [0.15, 0.2) is 0 Å². The number of amides is 1. The van der Waals surface area contributed by atoms with Crippen molar-refractivity contribution in [3.05, 3.63) is 29.3 Å². The maximum Gasteiger partial charge on any atom is 0.225 e. The van der Waals surface area contributed by atoms with Crippen molar-refractivity contribution in [2.24, 2.45) is 0 Å². The molecule has 0 spiro atoms. The second-order valence-corrected chi connectivity index (χ2v) is 5.46. The lowest BCUT2D eigenvalue weighted by molar-refractivity contribution is -0.116. The van der Waals surface area contributed by atoms with Crippen LogP contribution < -0.4 is 5.32 Å². The van der Waals surface area contributed by atoms with Crippen molar-refractivity contribution in [1.29, 1.82) is 0 Å². The lowest BCUT2D eigenvalue weighted by Gasteiger charge is -2.20. The number of rotatable bonds is 8. The molecule has 0 radical (unpaired) electrons. The van der Waals surface area contributed by atoms with Gasteiger partial charge < -0.3 is 10.2 Å². The summed E-state index contributed by atoms with van der Waals surface area (Å²) >= 11 is 0. The average molecular weight is 276 g/mol. The summed E-state index contributed by atoms with van der Waals surface area (Å²) in [5.41, 5.74) is 3.22. The van der Waals surface area contributed by atoms with Crippen LogP contribution in [-0.2, 0) is 4.79 Å². The van der Waals surface area contributed by atoms with Crippen LogP contribution in [0, 0.1) is 13.8 Å². The van der Waals surface area contributed by atoms with E-state index in [0.29, 0.717) is 6.42 Å². The zero-order chi connectivity index (χ0) is 15.0. The van der Waals surface area contributed by atoms with E-state index >= 15 is 0 Å². The molecule has 0 aliphatic rings. The number of anilines is 1. The van der Waals surface area contributed by atoms with E-state index in [-0.39, 0.29) is 5.91 Å². The van der Waals surface area contributed by atoms with Crippen LogP contribution in [0.2, 0.25) is 0 Å². The van der Waals surface area contributed by atoms with Gasteiger partial charge in [0.05, 0.1) is 0 Å². The summed E-state index contributed by atoms with van der Waals surface area (Å²) in [5, 5.41) is 3.03. The van der Waals surface area contributed by atoms with E-state index in [2.05, 4.69) is 30.1 Å². The molecular weight excluding hydrogens is 248 g/mol. The summed E-state index contributed by atoms with van der Waals surface area (Å²) in [7, 11) is 0. The Morgan fingerprint density at radius 2 is 1.75 bits per heavy atom. The van der Waals surface area contributed by atoms with Crippen molar-refractivity contribution in [2.75, 3.05) is 25.0 Å². The predicted molar refractivity (Wildman–Crippen MR) is 86.2 cm³/mol. The first-order valence-electron chi connectivity index (χ1n) is 7.66. The van der Waals surface area contributed by atoms with Gasteiger partial charge in [-0.2, -0.15) is 0 Å². The molecule has 1 aromatic rings. The molecule has 20 heavy (non-hydrogen) atoms. The zero-order valence-electron chi connectivity index (χ0n) is 13.3. The highest BCUT2D eigenvalue weighted by Crippen LogP contribution is 2.16. The minimum Gasteiger partial charge on any atom is -0.326 e. The maximum absolute atomic E-state index is 12.1. The maximum atomic E-state index is 12.1. The zero-order valence-corrected chi connectivity index (χ0v) is 13.3. The summed E-state index contributed by atoms with van der Waals surface area (Å²) < 4.78 is 0. The van der Waals surface area contributed by atoms with Crippen molar-refractivity contribution >= 4 is 11.6 Å². The third-order valence-corrected chi connectivity index (χ3v) is 3.40. The molecule has 0 saturated heterocycles. The van der Waals surface area contributed by atoms with Gasteiger partial charge in [0.2, 0.25) is 5.91 Å². The first kappa shape index (κ1) is 16.7. The fourth-order valence-corrected chi connectivity index (χ4v) is 2.31. The van der Waals surface area contributed by atoms with Gasteiger partial charge in [0.25, 0.3) is 0 Å². The quantitative estimate of drug-likeness (QED) is 0.784. The summed E-state index contributed by atoms with van der Waals surface area (Å²) in [4.78, 5) is 14.4. The highest BCUT2D eigenvalue weighted by Gasteiger charge is 2.08. The van der Waals surface area contributed by atoms with Crippen LogP contribution in [0.1, 0.15) is 44.2 Å². The molecule has 0 aliphatic heterocycles. The lowest BCUT2D eigenvalue weighted by atomic mass is 10.1. The van der Waals surface area contributed by atoms with Crippen molar-refractivity contribution in [2.45, 2.75) is 47.0 Å². The van der Waals surface area contributed by atoms with E-state index in [1.165, 1.54) is 5.56 Å². The fourth-order valence-electron chi connectivity index (χ4n) is 2.31. The molecule has 0 atom stereocenters. The van der Waals surface area contributed by atoms with E-state index in [4.69, 9.17) is 0 Å². The number of benzene rings is 1. The number of aryl methyl sites for hydroxylation is 2. The molecule has 0 bridgehead atoms. The molecule has 1 N–H and O–H groups in total. The summed E-state index contributed by atoms with van der Waals surface area (Å²) in [5.74, 6) is 0.107. The predicted octanol–water partition coefficient (Wildman–Crippen LogP) is 3.75. The smallest absolute Gasteiger partial charge is 0.225 e. The molecule has 1 amide bonds. The Hall–Kier alpha value is -1.35. The van der Waals surface area contributed by atoms with Crippen molar-refractivity contribution in [3.63, 3.8) is 0 Å². The van der Waals surface area contributed by atoms with Gasteiger partial charge in [-0.15, -0.1) is 0 Å². The first-order valence-corrected chi connectivity index (χ1v) is 7.66. The number of hydrogen-bond acceptors (Lipinski definition) is 2. The van der Waals surface area contributed by atoms with Gasteiger partial charge in [0.1, 0.15) is 0 Å². The minimum atomic E-state index is 0.107. The highest BCUT2D eigenvalue weighted by atomic mass is 16.1. The number of carbonyl (C=O) groups is 1. The Bertz CT molecular complexity index is 423. The van der Waals surface area contributed by atoms with Gasteiger partial charge in [-0.1, -0.05) is 26.0 Å². The average Bonchev–Trinajstić information content (AvgIpc) is 2.41. The molecule has 3 nitrogen and oxygen atoms in total. The fraction of sp³-hybridized carbons (Fsp3) is 0.588. The van der Waals surface area contributed by atoms with Gasteiger partial charge in [0, 0.05) is 18.7 Å². The summed E-state index contributed by atoms with van der Waals surface area (Å²) in [6.45, 7) is 11.4. The topological polar surface area (TPSA) is 32.3 Å². The van der Waals surface area contributed by atoms with E-state index in [1.807, 2.05) is 26.0 Å². The Morgan fingerprint density at radius 3 is 2.35 bits per heavy atom. The molecule has 0 aliphatic carbocycles. The molecule has 1 rings (SSSR count). The number of nitrogens with one attached hydrogen (secondary N) is 1. The SMILES string of the molecule is CCCN(CCC)CCC(=O)Nc1cc(C)ccc1C. The van der Waals surface area contributed by atoms with E-state index < -0.39 is 0 Å². The first-order chi connectivity index (χ1) is 9.56.